The van der Waals surface area contributed by atoms with Gasteiger partial charge in [0.1, 0.15) is 0 Å². The van der Waals surface area contributed by atoms with Gasteiger partial charge in [0.25, 0.3) is 5.91 Å². The molecule has 2 N–H and O–H groups in total. The highest BCUT2D eigenvalue weighted by Crippen LogP contribution is 2.34. The maximum absolute atomic E-state index is 12.1. The second-order valence-corrected chi connectivity index (χ2v) is 5.48. The average Bonchev–Trinajstić information content (AvgIpc) is 2.80. The molecule has 0 saturated carbocycles. The minimum Gasteiger partial charge on any atom is -0.361 e. The van der Waals surface area contributed by atoms with Gasteiger partial charge >= 0.3 is 0 Å². The van der Waals surface area contributed by atoms with Crippen LogP contribution >= 0.6 is 0 Å². The predicted molar refractivity (Wildman–Crippen MR) is 87.2 cm³/mol. The van der Waals surface area contributed by atoms with Crippen molar-refractivity contribution in [1.29, 1.82) is 0 Å². The quantitative estimate of drug-likeness (QED) is 0.825. The van der Waals surface area contributed by atoms with Gasteiger partial charge in [-0.05, 0) is 29.7 Å². The molecule has 1 amide bonds. The maximum Gasteiger partial charge on any atom is 0.257 e. The number of anilines is 2. The molecule has 0 radical (unpaired) electrons. The van der Waals surface area contributed by atoms with Gasteiger partial charge < -0.3 is 10.6 Å². The number of para-hydroxylation sites is 1. The largest absolute Gasteiger partial charge is 0.361 e. The van der Waals surface area contributed by atoms with Gasteiger partial charge in [-0.2, -0.15) is 0 Å². The molecule has 1 aliphatic rings. The molecule has 2 aromatic carbocycles. The first-order valence-corrected chi connectivity index (χ1v) is 7.12. The second kappa shape index (κ2) is 5.44. The van der Waals surface area contributed by atoms with Crippen LogP contribution in [0.3, 0.4) is 0 Å². The fourth-order valence-electron chi connectivity index (χ4n) is 2.40. The first-order valence-electron chi connectivity index (χ1n) is 7.12. The summed E-state index contributed by atoms with van der Waals surface area (Å²) in [7, 11) is 0. The number of amides is 1. The Balaban J connectivity index is 1.90. The lowest BCUT2D eigenvalue weighted by Gasteiger charge is -2.07. The number of benzene rings is 2. The van der Waals surface area contributed by atoms with E-state index in [0.29, 0.717) is 11.5 Å². The summed E-state index contributed by atoms with van der Waals surface area (Å²) in [6, 6.07) is 16.0. The van der Waals surface area contributed by atoms with Crippen molar-refractivity contribution in [3.8, 4) is 0 Å². The van der Waals surface area contributed by atoms with Crippen LogP contribution in [0, 0.1) is 0 Å². The Hall–Kier alpha value is -2.55. The third-order valence-corrected chi connectivity index (χ3v) is 3.65. The van der Waals surface area contributed by atoms with E-state index in [0.717, 1.165) is 16.9 Å². The minimum atomic E-state index is -0.0608. The Morgan fingerprint density at radius 2 is 1.86 bits per heavy atom. The third kappa shape index (κ3) is 2.68. The molecule has 0 atom stereocenters. The van der Waals surface area contributed by atoms with Crippen LogP contribution in [0.5, 0.6) is 0 Å². The highest BCUT2D eigenvalue weighted by molar-refractivity contribution is 6.31. The van der Waals surface area contributed by atoms with Crippen molar-refractivity contribution < 1.29 is 4.79 Å². The summed E-state index contributed by atoms with van der Waals surface area (Å²) in [5.41, 5.74) is 4.71. The molecular weight excluding hydrogens is 260 g/mol. The van der Waals surface area contributed by atoms with Crippen LogP contribution in [0.4, 0.5) is 11.4 Å². The summed E-state index contributed by atoms with van der Waals surface area (Å²) in [6.07, 6.45) is 1.77. The Morgan fingerprint density at radius 3 is 2.57 bits per heavy atom. The fourth-order valence-corrected chi connectivity index (χ4v) is 2.40. The fraction of sp³-hybridized carbons (Fsp3) is 0.167. The molecule has 0 bridgehead atoms. The number of carbonyl (C=O) groups is 1. The number of hydrogen-bond donors (Lipinski definition) is 2. The monoisotopic (exact) mass is 278 g/mol. The molecule has 0 unspecified atom stereocenters. The normalized spacial score (nSPS) is 15.2. The van der Waals surface area contributed by atoms with Crippen molar-refractivity contribution in [2.75, 3.05) is 10.6 Å². The van der Waals surface area contributed by atoms with Crippen LogP contribution < -0.4 is 10.6 Å². The summed E-state index contributed by atoms with van der Waals surface area (Å²) in [5.74, 6) is 0.386. The highest BCUT2D eigenvalue weighted by Gasteiger charge is 2.24. The zero-order chi connectivity index (χ0) is 14.8. The van der Waals surface area contributed by atoms with Gasteiger partial charge in [0, 0.05) is 23.1 Å². The summed E-state index contributed by atoms with van der Waals surface area (Å²) in [6.45, 7) is 4.29. The van der Waals surface area contributed by atoms with Gasteiger partial charge in [0.05, 0.1) is 5.57 Å². The molecule has 1 aliphatic heterocycles. The van der Waals surface area contributed by atoms with Crippen molar-refractivity contribution in [2.45, 2.75) is 19.8 Å². The van der Waals surface area contributed by atoms with E-state index in [9.17, 15) is 4.79 Å². The van der Waals surface area contributed by atoms with Crippen molar-refractivity contribution >= 4 is 22.9 Å². The lowest BCUT2D eigenvalue weighted by Crippen LogP contribution is -2.05. The lowest BCUT2D eigenvalue weighted by molar-refractivity contribution is -0.110. The maximum atomic E-state index is 12.1. The van der Waals surface area contributed by atoms with E-state index in [1.807, 2.05) is 36.4 Å². The summed E-state index contributed by atoms with van der Waals surface area (Å²) < 4.78 is 0. The zero-order valence-electron chi connectivity index (χ0n) is 12.2. The van der Waals surface area contributed by atoms with E-state index >= 15 is 0 Å². The first-order chi connectivity index (χ1) is 10.1. The molecule has 0 aliphatic carbocycles. The summed E-state index contributed by atoms with van der Waals surface area (Å²) in [5, 5.41) is 6.10. The zero-order valence-corrected chi connectivity index (χ0v) is 12.2. The minimum absolute atomic E-state index is 0.0608. The molecule has 0 saturated heterocycles. The van der Waals surface area contributed by atoms with E-state index in [1.165, 1.54) is 5.56 Å². The Morgan fingerprint density at radius 1 is 1.10 bits per heavy atom. The van der Waals surface area contributed by atoms with Crippen molar-refractivity contribution in [2.24, 2.45) is 0 Å². The van der Waals surface area contributed by atoms with Crippen molar-refractivity contribution in [3.05, 3.63) is 65.9 Å². The number of carbonyl (C=O) groups excluding carboxylic acids is 1. The summed E-state index contributed by atoms with van der Waals surface area (Å²) >= 11 is 0. The standard InChI is InChI=1S/C18H18N2O/c1-12(2)13-8-9-15-16(18(21)20-17(15)10-13)11-19-14-6-4-3-5-7-14/h3-12,19H,1-2H3,(H,20,21). The third-order valence-electron chi connectivity index (χ3n) is 3.65. The Labute approximate surface area is 124 Å². The number of nitrogens with one attached hydrogen (secondary N) is 2. The molecule has 1 heterocycles. The van der Waals surface area contributed by atoms with Gasteiger partial charge in [-0.3, -0.25) is 4.79 Å². The SMILES string of the molecule is CC(C)c1ccc2c(c1)NC(=O)C2=CNc1ccccc1. The molecule has 3 rings (SSSR count). The van der Waals surface area contributed by atoms with Gasteiger partial charge in [0.2, 0.25) is 0 Å². The highest BCUT2D eigenvalue weighted by atomic mass is 16.2. The van der Waals surface area contributed by atoms with Gasteiger partial charge in [0.15, 0.2) is 0 Å². The van der Waals surface area contributed by atoms with E-state index in [4.69, 9.17) is 0 Å². The molecule has 0 spiro atoms. The number of fused-ring (bicyclic) bond motifs is 1. The van der Waals surface area contributed by atoms with Crippen LogP contribution in [0.25, 0.3) is 5.57 Å². The van der Waals surface area contributed by atoms with Crippen LogP contribution in [0.1, 0.15) is 30.9 Å². The molecule has 3 heteroatoms. The van der Waals surface area contributed by atoms with E-state index in [2.05, 4.69) is 36.6 Å². The first kappa shape index (κ1) is 13.4. The molecule has 3 nitrogen and oxygen atoms in total. The molecule has 2 aromatic rings. The molecular formula is C18H18N2O. The van der Waals surface area contributed by atoms with Crippen molar-refractivity contribution in [1.82, 2.24) is 0 Å². The van der Waals surface area contributed by atoms with Crippen LogP contribution in [0.2, 0.25) is 0 Å². The number of rotatable bonds is 3. The average molecular weight is 278 g/mol. The van der Waals surface area contributed by atoms with E-state index in [1.54, 1.807) is 6.20 Å². The Kier molecular flexibility index (Phi) is 3.48. The van der Waals surface area contributed by atoms with Gasteiger partial charge in [-0.15, -0.1) is 0 Å². The van der Waals surface area contributed by atoms with E-state index in [-0.39, 0.29) is 5.91 Å². The van der Waals surface area contributed by atoms with Crippen LogP contribution in [-0.2, 0) is 4.79 Å². The molecule has 21 heavy (non-hydrogen) atoms. The summed E-state index contributed by atoms with van der Waals surface area (Å²) in [4.78, 5) is 12.1. The molecule has 106 valence electrons. The van der Waals surface area contributed by atoms with Crippen LogP contribution in [0.15, 0.2) is 54.7 Å². The Bertz CT molecular complexity index is 702. The van der Waals surface area contributed by atoms with Crippen molar-refractivity contribution in [3.63, 3.8) is 0 Å². The smallest absolute Gasteiger partial charge is 0.257 e. The second-order valence-electron chi connectivity index (χ2n) is 5.48. The van der Waals surface area contributed by atoms with Gasteiger partial charge in [-0.1, -0.05) is 44.2 Å². The predicted octanol–water partition coefficient (Wildman–Crippen LogP) is 4.22. The topological polar surface area (TPSA) is 41.1 Å². The lowest BCUT2D eigenvalue weighted by atomic mass is 9.99. The number of hydrogen-bond acceptors (Lipinski definition) is 2. The molecule has 0 fully saturated rings. The van der Waals surface area contributed by atoms with Crippen LogP contribution in [-0.4, -0.2) is 5.91 Å². The van der Waals surface area contributed by atoms with Gasteiger partial charge in [-0.25, -0.2) is 0 Å². The molecule has 0 aromatic heterocycles. The van der Waals surface area contributed by atoms with E-state index < -0.39 is 0 Å².